The maximum Gasteiger partial charge on any atom is 0.00980 e. The molecule has 2 fully saturated rings. The van der Waals surface area contributed by atoms with E-state index in [0.29, 0.717) is 0 Å². The van der Waals surface area contributed by atoms with Gasteiger partial charge in [0.25, 0.3) is 0 Å². The summed E-state index contributed by atoms with van der Waals surface area (Å²) in [6.45, 7) is 5.86. The van der Waals surface area contributed by atoms with E-state index in [-0.39, 0.29) is 0 Å². The van der Waals surface area contributed by atoms with Crippen LogP contribution in [0.25, 0.3) is 0 Å². The zero-order chi connectivity index (χ0) is 9.26. The fraction of sp³-hybridized carbons (Fsp3) is 1.00. The van der Waals surface area contributed by atoms with Crippen molar-refractivity contribution in [2.45, 2.75) is 52.0 Å². The van der Waals surface area contributed by atoms with E-state index in [9.17, 15) is 0 Å². The Morgan fingerprint density at radius 1 is 1.23 bits per heavy atom. The van der Waals surface area contributed by atoms with Gasteiger partial charge in [-0.2, -0.15) is 0 Å². The van der Waals surface area contributed by atoms with Crippen molar-refractivity contribution in [2.24, 2.45) is 17.8 Å². The summed E-state index contributed by atoms with van der Waals surface area (Å²) in [7, 11) is 0. The van der Waals surface area contributed by atoms with E-state index < -0.39 is 0 Å². The summed E-state index contributed by atoms with van der Waals surface area (Å²) in [5, 5.41) is 3.74. The number of fused-ring (bicyclic) bond motifs is 2. The lowest BCUT2D eigenvalue weighted by Crippen LogP contribution is -2.34. The van der Waals surface area contributed by atoms with Crippen LogP contribution in [0.1, 0.15) is 46.0 Å². The molecule has 0 radical (unpaired) electrons. The van der Waals surface area contributed by atoms with Crippen LogP contribution in [0.3, 0.4) is 0 Å². The minimum Gasteiger partial charge on any atom is -0.314 e. The molecule has 2 aliphatic carbocycles. The topological polar surface area (TPSA) is 12.0 Å². The Labute approximate surface area is 82.3 Å². The molecule has 0 aromatic rings. The largest absolute Gasteiger partial charge is 0.314 e. The van der Waals surface area contributed by atoms with Gasteiger partial charge in [0, 0.05) is 6.04 Å². The molecule has 0 aliphatic heterocycles. The standard InChI is InChI=1S/C12H23N/c1-9(2)5-6-13-12-8-10-3-4-11(12)7-10/h9-13H,3-8H2,1-2H3/t10-,11-,12-/m0/s1. The quantitative estimate of drug-likeness (QED) is 0.703. The van der Waals surface area contributed by atoms with Gasteiger partial charge in [-0.05, 0) is 50.0 Å². The van der Waals surface area contributed by atoms with Crippen molar-refractivity contribution in [1.82, 2.24) is 5.32 Å². The van der Waals surface area contributed by atoms with Gasteiger partial charge in [0.2, 0.25) is 0 Å². The lowest BCUT2D eigenvalue weighted by atomic mass is 9.95. The maximum absolute atomic E-state index is 3.74. The highest BCUT2D eigenvalue weighted by molar-refractivity contribution is 4.93. The molecule has 3 atom stereocenters. The average Bonchev–Trinajstić information content (AvgIpc) is 2.64. The van der Waals surface area contributed by atoms with Crippen LogP contribution in [0, 0.1) is 17.8 Å². The van der Waals surface area contributed by atoms with Gasteiger partial charge in [0.1, 0.15) is 0 Å². The molecular weight excluding hydrogens is 158 g/mol. The molecule has 2 rings (SSSR count). The predicted molar refractivity (Wildman–Crippen MR) is 56.7 cm³/mol. The zero-order valence-corrected chi connectivity index (χ0v) is 9.05. The van der Waals surface area contributed by atoms with Crippen molar-refractivity contribution in [3.63, 3.8) is 0 Å². The fourth-order valence-corrected chi connectivity index (χ4v) is 3.05. The van der Waals surface area contributed by atoms with Crippen LogP contribution in [0.4, 0.5) is 0 Å². The average molecular weight is 181 g/mol. The van der Waals surface area contributed by atoms with Gasteiger partial charge in [0.05, 0.1) is 0 Å². The van der Waals surface area contributed by atoms with Gasteiger partial charge in [0.15, 0.2) is 0 Å². The summed E-state index contributed by atoms with van der Waals surface area (Å²) in [6, 6.07) is 0.887. The SMILES string of the molecule is CC(C)CCN[C@H]1C[C@H]2CC[C@H]1C2. The molecule has 0 spiro atoms. The van der Waals surface area contributed by atoms with Crippen LogP contribution < -0.4 is 5.32 Å². The number of rotatable bonds is 4. The molecule has 13 heavy (non-hydrogen) atoms. The van der Waals surface area contributed by atoms with Crippen LogP contribution in [-0.4, -0.2) is 12.6 Å². The van der Waals surface area contributed by atoms with Crippen molar-refractivity contribution in [1.29, 1.82) is 0 Å². The molecule has 1 heteroatoms. The maximum atomic E-state index is 3.74. The molecular formula is C12H23N. The Balaban J connectivity index is 1.66. The van der Waals surface area contributed by atoms with Crippen molar-refractivity contribution >= 4 is 0 Å². The van der Waals surface area contributed by atoms with Crippen LogP contribution in [0.5, 0.6) is 0 Å². The van der Waals surface area contributed by atoms with Gasteiger partial charge in [-0.1, -0.05) is 20.3 Å². The van der Waals surface area contributed by atoms with Crippen molar-refractivity contribution in [3.8, 4) is 0 Å². The van der Waals surface area contributed by atoms with E-state index in [4.69, 9.17) is 0 Å². The molecule has 2 bridgehead atoms. The second kappa shape index (κ2) is 4.00. The highest BCUT2D eigenvalue weighted by atomic mass is 14.9. The highest BCUT2D eigenvalue weighted by Gasteiger charge is 2.38. The summed E-state index contributed by atoms with van der Waals surface area (Å²) in [5.41, 5.74) is 0. The third kappa shape index (κ3) is 2.25. The number of hydrogen-bond donors (Lipinski definition) is 1. The monoisotopic (exact) mass is 181 g/mol. The molecule has 0 heterocycles. The van der Waals surface area contributed by atoms with Crippen molar-refractivity contribution in [3.05, 3.63) is 0 Å². The molecule has 76 valence electrons. The number of hydrogen-bond acceptors (Lipinski definition) is 1. The Kier molecular flexibility index (Phi) is 2.92. The fourth-order valence-electron chi connectivity index (χ4n) is 3.05. The van der Waals surface area contributed by atoms with Gasteiger partial charge >= 0.3 is 0 Å². The summed E-state index contributed by atoms with van der Waals surface area (Å²) in [6.07, 6.45) is 7.37. The van der Waals surface area contributed by atoms with E-state index >= 15 is 0 Å². The summed E-state index contributed by atoms with van der Waals surface area (Å²) in [4.78, 5) is 0. The smallest absolute Gasteiger partial charge is 0.00980 e. The van der Waals surface area contributed by atoms with E-state index in [1.807, 2.05) is 0 Å². The summed E-state index contributed by atoms with van der Waals surface area (Å²) in [5.74, 6) is 2.98. The number of nitrogens with one attached hydrogen (secondary N) is 1. The Morgan fingerprint density at radius 2 is 2.08 bits per heavy atom. The van der Waals surface area contributed by atoms with Gasteiger partial charge in [-0.15, -0.1) is 0 Å². The van der Waals surface area contributed by atoms with E-state index in [0.717, 1.165) is 23.8 Å². The van der Waals surface area contributed by atoms with Gasteiger partial charge in [-0.3, -0.25) is 0 Å². The summed E-state index contributed by atoms with van der Waals surface area (Å²) >= 11 is 0. The second-order valence-corrected chi connectivity index (χ2v) is 5.42. The lowest BCUT2D eigenvalue weighted by molar-refractivity contribution is 0.344. The zero-order valence-electron chi connectivity index (χ0n) is 9.05. The normalized spacial score (nSPS) is 37.6. The molecule has 0 aromatic carbocycles. The molecule has 1 N–H and O–H groups in total. The third-order valence-corrected chi connectivity index (χ3v) is 3.87. The van der Waals surface area contributed by atoms with E-state index in [2.05, 4.69) is 19.2 Å². The minimum absolute atomic E-state index is 0.853. The van der Waals surface area contributed by atoms with Gasteiger partial charge < -0.3 is 5.32 Å². The van der Waals surface area contributed by atoms with E-state index in [1.54, 1.807) is 0 Å². The van der Waals surface area contributed by atoms with Crippen LogP contribution in [0.15, 0.2) is 0 Å². The third-order valence-electron chi connectivity index (χ3n) is 3.87. The molecule has 0 saturated heterocycles. The van der Waals surface area contributed by atoms with Crippen LogP contribution >= 0.6 is 0 Å². The lowest BCUT2D eigenvalue weighted by Gasteiger charge is -2.23. The first-order chi connectivity index (χ1) is 6.25. The molecule has 0 unspecified atom stereocenters. The van der Waals surface area contributed by atoms with Crippen LogP contribution in [-0.2, 0) is 0 Å². The molecule has 0 aromatic heterocycles. The minimum atomic E-state index is 0.853. The first-order valence-corrected chi connectivity index (χ1v) is 5.99. The Morgan fingerprint density at radius 3 is 2.62 bits per heavy atom. The highest BCUT2D eigenvalue weighted by Crippen LogP contribution is 2.44. The molecule has 1 nitrogen and oxygen atoms in total. The Hall–Kier alpha value is -0.0400. The molecule has 2 aliphatic rings. The molecule has 2 saturated carbocycles. The Bertz CT molecular complexity index is 165. The summed E-state index contributed by atoms with van der Waals surface area (Å²) < 4.78 is 0. The van der Waals surface area contributed by atoms with Crippen LogP contribution in [0.2, 0.25) is 0 Å². The second-order valence-electron chi connectivity index (χ2n) is 5.42. The predicted octanol–water partition coefficient (Wildman–Crippen LogP) is 2.81. The first kappa shape index (κ1) is 9.51. The van der Waals surface area contributed by atoms with Crippen molar-refractivity contribution < 1.29 is 0 Å². The van der Waals surface area contributed by atoms with E-state index in [1.165, 1.54) is 38.6 Å². The molecule has 0 amide bonds. The van der Waals surface area contributed by atoms with Gasteiger partial charge in [-0.25, -0.2) is 0 Å². The first-order valence-electron chi connectivity index (χ1n) is 5.99. The van der Waals surface area contributed by atoms with Crippen molar-refractivity contribution in [2.75, 3.05) is 6.54 Å².